The fourth-order valence-electron chi connectivity index (χ4n) is 1.52. The number of nitrogens with two attached hydrogens (primary N) is 1. The lowest BCUT2D eigenvalue weighted by molar-refractivity contribution is 1.12. The van der Waals surface area contributed by atoms with E-state index in [4.69, 9.17) is 17.4 Å². The summed E-state index contributed by atoms with van der Waals surface area (Å²) in [5, 5.41) is 3.62. The molecule has 18 heavy (non-hydrogen) atoms. The molecule has 0 atom stereocenters. The van der Waals surface area contributed by atoms with Crippen LogP contribution < -0.4 is 16.6 Å². The number of rotatable bonds is 3. The first-order chi connectivity index (χ1) is 8.60. The van der Waals surface area contributed by atoms with Crippen LogP contribution in [0.15, 0.2) is 24.4 Å². The quantitative estimate of drug-likeness (QED) is 0.586. The number of aryl methyl sites for hydroxylation is 2. The van der Waals surface area contributed by atoms with Gasteiger partial charge >= 0.3 is 0 Å². The van der Waals surface area contributed by atoms with Crippen molar-refractivity contribution < 1.29 is 0 Å². The van der Waals surface area contributed by atoms with E-state index in [-0.39, 0.29) is 0 Å². The van der Waals surface area contributed by atoms with Gasteiger partial charge in [-0.05, 0) is 31.0 Å². The first kappa shape index (κ1) is 12.6. The van der Waals surface area contributed by atoms with Gasteiger partial charge in [-0.15, -0.1) is 0 Å². The van der Waals surface area contributed by atoms with Crippen LogP contribution in [0.5, 0.6) is 0 Å². The molecular formula is C12H14ClN5. The van der Waals surface area contributed by atoms with Crippen LogP contribution in [-0.4, -0.2) is 9.97 Å². The average Bonchev–Trinajstić information content (AvgIpc) is 2.36. The van der Waals surface area contributed by atoms with Crippen LogP contribution in [0.2, 0.25) is 5.02 Å². The summed E-state index contributed by atoms with van der Waals surface area (Å²) in [6.07, 6.45) is 1.50. The van der Waals surface area contributed by atoms with E-state index in [2.05, 4.69) is 26.8 Å². The highest BCUT2D eigenvalue weighted by molar-refractivity contribution is 6.32. The van der Waals surface area contributed by atoms with Crippen molar-refractivity contribution in [1.29, 1.82) is 0 Å². The molecule has 2 rings (SSSR count). The van der Waals surface area contributed by atoms with Gasteiger partial charge in [0.05, 0.1) is 6.20 Å². The van der Waals surface area contributed by atoms with Crippen molar-refractivity contribution in [2.45, 2.75) is 13.8 Å². The van der Waals surface area contributed by atoms with Gasteiger partial charge in [0.2, 0.25) is 5.95 Å². The number of nitrogen functional groups attached to an aromatic ring is 1. The van der Waals surface area contributed by atoms with Crippen LogP contribution in [-0.2, 0) is 0 Å². The minimum absolute atomic E-state index is 0.312. The monoisotopic (exact) mass is 263 g/mol. The molecule has 0 aliphatic heterocycles. The largest absolute Gasteiger partial charge is 0.339 e. The lowest BCUT2D eigenvalue weighted by Crippen LogP contribution is -2.11. The minimum Gasteiger partial charge on any atom is -0.339 e. The van der Waals surface area contributed by atoms with E-state index in [1.165, 1.54) is 6.20 Å². The van der Waals surface area contributed by atoms with Crippen LogP contribution >= 0.6 is 11.6 Å². The van der Waals surface area contributed by atoms with Gasteiger partial charge in [0.15, 0.2) is 5.82 Å². The SMILES string of the molecule is Cc1ccc(C)c(Nc2nc(NN)ncc2Cl)c1. The summed E-state index contributed by atoms with van der Waals surface area (Å²) in [6.45, 7) is 4.04. The van der Waals surface area contributed by atoms with Gasteiger partial charge in [-0.3, -0.25) is 5.43 Å². The molecule has 0 amide bonds. The first-order valence-corrected chi connectivity index (χ1v) is 5.81. The molecule has 6 heteroatoms. The first-order valence-electron chi connectivity index (χ1n) is 5.43. The van der Waals surface area contributed by atoms with Crippen LogP contribution in [0.1, 0.15) is 11.1 Å². The van der Waals surface area contributed by atoms with E-state index in [1.807, 2.05) is 26.0 Å². The number of nitrogens with one attached hydrogen (secondary N) is 2. The fraction of sp³-hybridized carbons (Fsp3) is 0.167. The molecule has 0 bridgehead atoms. The highest BCUT2D eigenvalue weighted by Gasteiger charge is 2.07. The Morgan fingerprint density at radius 3 is 2.78 bits per heavy atom. The van der Waals surface area contributed by atoms with Gasteiger partial charge < -0.3 is 5.32 Å². The maximum absolute atomic E-state index is 6.04. The Morgan fingerprint density at radius 1 is 1.28 bits per heavy atom. The van der Waals surface area contributed by atoms with Crippen molar-refractivity contribution in [3.63, 3.8) is 0 Å². The zero-order valence-electron chi connectivity index (χ0n) is 10.2. The lowest BCUT2D eigenvalue weighted by atomic mass is 10.1. The van der Waals surface area contributed by atoms with E-state index in [0.717, 1.165) is 16.8 Å². The fourth-order valence-corrected chi connectivity index (χ4v) is 1.66. The zero-order chi connectivity index (χ0) is 13.1. The predicted octanol–water partition coefficient (Wildman–Crippen LogP) is 2.78. The summed E-state index contributed by atoms with van der Waals surface area (Å²) in [6, 6.07) is 6.12. The Balaban J connectivity index is 2.36. The third-order valence-corrected chi connectivity index (χ3v) is 2.80. The smallest absolute Gasteiger partial charge is 0.239 e. The van der Waals surface area contributed by atoms with Crippen molar-refractivity contribution in [3.8, 4) is 0 Å². The minimum atomic E-state index is 0.312. The molecule has 0 saturated carbocycles. The van der Waals surface area contributed by atoms with Crippen LogP contribution in [0.3, 0.4) is 0 Å². The normalized spacial score (nSPS) is 10.2. The Bertz CT molecular complexity index is 570. The van der Waals surface area contributed by atoms with Gasteiger partial charge in [0.1, 0.15) is 5.02 Å². The van der Waals surface area contributed by atoms with Gasteiger partial charge in [-0.25, -0.2) is 10.8 Å². The molecule has 2 aromatic rings. The maximum Gasteiger partial charge on any atom is 0.239 e. The van der Waals surface area contributed by atoms with Crippen molar-refractivity contribution in [2.24, 2.45) is 5.84 Å². The summed E-state index contributed by atoms with van der Waals surface area (Å²) >= 11 is 6.04. The van der Waals surface area contributed by atoms with E-state index in [0.29, 0.717) is 16.8 Å². The molecular weight excluding hydrogens is 250 g/mol. The number of hydrogen-bond acceptors (Lipinski definition) is 5. The Kier molecular flexibility index (Phi) is 3.64. The third kappa shape index (κ3) is 2.69. The summed E-state index contributed by atoms with van der Waals surface area (Å²) in [5.41, 5.74) is 5.61. The van der Waals surface area contributed by atoms with Crippen LogP contribution in [0.4, 0.5) is 17.5 Å². The molecule has 5 nitrogen and oxygen atoms in total. The molecule has 4 N–H and O–H groups in total. The van der Waals surface area contributed by atoms with E-state index in [9.17, 15) is 0 Å². The molecule has 0 fully saturated rings. The van der Waals surface area contributed by atoms with Crippen molar-refractivity contribution >= 4 is 29.1 Å². The predicted molar refractivity (Wildman–Crippen MR) is 74.1 cm³/mol. The highest BCUT2D eigenvalue weighted by atomic mass is 35.5. The lowest BCUT2D eigenvalue weighted by Gasteiger charge is -2.11. The van der Waals surface area contributed by atoms with Gasteiger partial charge in [0.25, 0.3) is 0 Å². The number of nitrogens with zero attached hydrogens (tertiary/aromatic N) is 2. The second kappa shape index (κ2) is 5.20. The van der Waals surface area contributed by atoms with E-state index < -0.39 is 0 Å². The van der Waals surface area contributed by atoms with E-state index >= 15 is 0 Å². The van der Waals surface area contributed by atoms with Crippen LogP contribution in [0, 0.1) is 13.8 Å². The molecule has 1 aromatic carbocycles. The number of anilines is 3. The van der Waals surface area contributed by atoms with Gasteiger partial charge in [-0.2, -0.15) is 4.98 Å². The van der Waals surface area contributed by atoms with E-state index in [1.54, 1.807) is 0 Å². The summed E-state index contributed by atoms with van der Waals surface area (Å²) < 4.78 is 0. The van der Waals surface area contributed by atoms with Crippen molar-refractivity contribution in [2.75, 3.05) is 10.7 Å². The molecule has 0 saturated heterocycles. The maximum atomic E-state index is 6.04. The molecule has 1 heterocycles. The second-order valence-electron chi connectivity index (χ2n) is 3.98. The summed E-state index contributed by atoms with van der Waals surface area (Å²) in [7, 11) is 0. The Labute approximate surface area is 110 Å². The molecule has 0 unspecified atom stereocenters. The molecule has 0 aliphatic carbocycles. The standard InChI is InChI=1S/C12H14ClN5/c1-7-3-4-8(2)10(5-7)16-11-9(13)6-15-12(17-11)18-14/h3-6H,14H2,1-2H3,(H2,15,16,17,18). The zero-order valence-corrected chi connectivity index (χ0v) is 10.9. The third-order valence-electron chi connectivity index (χ3n) is 2.52. The van der Waals surface area contributed by atoms with Crippen molar-refractivity contribution in [3.05, 3.63) is 40.5 Å². The number of aromatic nitrogens is 2. The molecule has 0 radical (unpaired) electrons. The topological polar surface area (TPSA) is 75.9 Å². The Hall–Kier alpha value is -1.85. The molecule has 0 aliphatic rings. The Morgan fingerprint density at radius 2 is 2.06 bits per heavy atom. The number of hydrogen-bond donors (Lipinski definition) is 3. The van der Waals surface area contributed by atoms with Gasteiger partial charge in [-0.1, -0.05) is 23.7 Å². The summed E-state index contributed by atoms with van der Waals surface area (Å²) in [5.74, 6) is 6.10. The number of hydrazine groups is 1. The molecule has 1 aromatic heterocycles. The van der Waals surface area contributed by atoms with Gasteiger partial charge in [0, 0.05) is 5.69 Å². The molecule has 0 spiro atoms. The number of halogens is 1. The number of benzene rings is 1. The van der Waals surface area contributed by atoms with Crippen LogP contribution in [0.25, 0.3) is 0 Å². The summed E-state index contributed by atoms with van der Waals surface area (Å²) in [4.78, 5) is 8.09. The van der Waals surface area contributed by atoms with Crippen molar-refractivity contribution in [1.82, 2.24) is 9.97 Å². The molecule has 94 valence electrons. The highest BCUT2D eigenvalue weighted by Crippen LogP contribution is 2.26. The second-order valence-corrected chi connectivity index (χ2v) is 4.39. The average molecular weight is 264 g/mol.